The van der Waals surface area contributed by atoms with Gasteiger partial charge in [0.25, 0.3) is 0 Å². The first-order chi connectivity index (χ1) is 9.69. The SMILES string of the molecule is CCC1CCC(C)N1c1ccc(CNC2CC2)c(C)n1. The van der Waals surface area contributed by atoms with Gasteiger partial charge in [-0.1, -0.05) is 13.0 Å². The number of rotatable bonds is 5. The molecule has 3 rings (SSSR count). The van der Waals surface area contributed by atoms with Gasteiger partial charge >= 0.3 is 0 Å². The lowest BCUT2D eigenvalue weighted by molar-refractivity contribution is 0.619. The van der Waals surface area contributed by atoms with Crippen LogP contribution in [0.25, 0.3) is 0 Å². The molecule has 1 aromatic heterocycles. The second-order valence-corrected chi connectivity index (χ2v) is 6.46. The fourth-order valence-electron chi connectivity index (χ4n) is 3.33. The van der Waals surface area contributed by atoms with E-state index in [-0.39, 0.29) is 0 Å². The number of hydrogen-bond donors (Lipinski definition) is 1. The predicted molar refractivity (Wildman–Crippen MR) is 84.1 cm³/mol. The first-order valence-electron chi connectivity index (χ1n) is 8.17. The third-order valence-corrected chi connectivity index (χ3v) is 4.86. The van der Waals surface area contributed by atoms with Gasteiger partial charge in [0.15, 0.2) is 0 Å². The van der Waals surface area contributed by atoms with Gasteiger partial charge in [-0.3, -0.25) is 0 Å². The van der Waals surface area contributed by atoms with E-state index in [1.54, 1.807) is 0 Å². The van der Waals surface area contributed by atoms with E-state index in [0.717, 1.165) is 12.6 Å². The number of anilines is 1. The summed E-state index contributed by atoms with van der Waals surface area (Å²) in [6, 6.07) is 6.55. The molecular formula is C17H27N3. The summed E-state index contributed by atoms with van der Waals surface area (Å²) in [4.78, 5) is 7.42. The number of aromatic nitrogens is 1. The molecule has 0 radical (unpaired) electrons. The third-order valence-electron chi connectivity index (χ3n) is 4.86. The lowest BCUT2D eigenvalue weighted by atomic mass is 10.1. The monoisotopic (exact) mass is 273 g/mol. The minimum Gasteiger partial charge on any atom is -0.351 e. The maximum absolute atomic E-state index is 4.89. The van der Waals surface area contributed by atoms with Gasteiger partial charge in [-0.05, 0) is 57.6 Å². The zero-order valence-corrected chi connectivity index (χ0v) is 13.0. The van der Waals surface area contributed by atoms with Crippen molar-refractivity contribution in [1.29, 1.82) is 0 Å². The molecule has 1 saturated carbocycles. The summed E-state index contributed by atoms with van der Waals surface area (Å²) in [6.07, 6.45) is 6.51. The summed E-state index contributed by atoms with van der Waals surface area (Å²) < 4.78 is 0. The minimum absolute atomic E-state index is 0.627. The van der Waals surface area contributed by atoms with Crippen LogP contribution < -0.4 is 10.2 Å². The smallest absolute Gasteiger partial charge is 0.129 e. The van der Waals surface area contributed by atoms with Crippen LogP contribution in [-0.4, -0.2) is 23.1 Å². The standard InChI is InChI=1S/C17H27N3/c1-4-16-9-5-12(2)20(16)17-10-6-14(13(3)19-17)11-18-15-7-8-15/h6,10,12,15-16,18H,4-5,7-9,11H2,1-3H3. The number of nitrogens with zero attached hydrogens (tertiary/aromatic N) is 2. The van der Waals surface area contributed by atoms with Crippen LogP contribution in [0.15, 0.2) is 12.1 Å². The first kappa shape index (κ1) is 13.9. The lowest BCUT2D eigenvalue weighted by Crippen LogP contribution is -2.35. The maximum Gasteiger partial charge on any atom is 0.129 e. The zero-order chi connectivity index (χ0) is 14.1. The largest absolute Gasteiger partial charge is 0.351 e. The molecule has 2 unspecified atom stereocenters. The van der Waals surface area contributed by atoms with Crippen molar-refractivity contribution in [3.63, 3.8) is 0 Å². The molecule has 1 aromatic rings. The zero-order valence-electron chi connectivity index (χ0n) is 13.0. The minimum atomic E-state index is 0.627. The predicted octanol–water partition coefficient (Wildman–Crippen LogP) is 3.41. The molecule has 0 bridgehead atoms. The molecule has 0 spiro atoms. The highest BCUT2D eigenvalue weighted by Gasteiger charge is 2.30. The van der Waals surface area contributed by atoms with Crippen molar-refractivity contribution in [2.24, 2.45) is 0 Å². The Morgan fingerprint density at radius 1 is 1.25 bits per heavy atom. The van der Waals surface area contributed by atoms with Crippen LogP contribution in [0, 0.1) is 6.92 Å². The summed E-state index contributed by atoms with van der Waals surface area (Å²) >= 11 is 0. The Kier molecular flexibility index (Phi) is 3.97. The van der Waals surface area contributed by atoms with Gasteiger partial charge in [-0.2, -0.15) is 0 Å². The van der Waals surface area contributed by atoms with Gasteiger partial charge in [0.05, 0.1) is 0 Å². The van der Waals surface area contributed by atoms with E-state index < -0.39 is 0 Å². The first-order valence-corrected chi connectivity index (χ1v) is 8.17. The molecule has 2 atom stereocenters. The Hall–Kier alpha value is -1.09. The van der Waals surface area contributed by atoms with Crippen LogP contribution in [0.5, 0.6) is 0 Å². The van der Waals surface area contributed by atoms with E-state index in [2.05, 4.69) is 43.1 Å². The van der Waals surface area contributed by atoms with Crippen molar-refractivity contribution >= 4 is 5.82 Å². The number of aryl methyl sites for hydroxylation is 1. The Morgan fingerprint density at radius 2 is 2.05 bits per heavy atom. The van der Waals surface area contributed by atoms with Gasteiger partial charge in [0.2, 0.25) is 0 Å². The van der Waals surface area contributed by atoms with Crippen LogP contribution >= 0.6 is 0 Å². The van der Waals surface area contributed by atoms with E-state index in [1.807, 2.05) is 0 Å². The van der Waals surface area contributed by atoms with E-state index in [9.17, 15) is 0 Å². The van der Waals surface area contributed by atoms with Crippen molar-refractivity contribution in [3.05, 3.63) is 23.4 Å². The molecule has 0 amide bonds. The molecule has 1 saturated heterocycles. The molecule has 3 nitrogen and oxygen atoms in total. The summed E-state index contributed by atoms with van der Waals surface area (Å²) in [6.45, 7) is 7.73. The average molecular weight is 273 g/mol. The maximum atomic E-state index is 4.89. The normalized spacial score (nSPS) is 26.2. The number of pyridine rings is 1. The van der Waals surface area contributed by atoms with Gasteiger partial charge in [-0.15, -0.1) is 0 Å². The van der Waals surface area contributed by atoms with Crippen LogP contribution in [0.2, 0.25) is 0 Å². The van der Waals surface area contributed by atoms with Crippen LogP contribution in [0.1, 0.15) is 57.2 Å². The molecule has 1 aliphatic heterocycles. The highest BCUT2D eigenvalue weighted by atomic mass is 15.3. The van der Waals surface area contributed by atoms with Crippen molar-refractivity contribution in [3.8, 4) is 0 Å². The Bertz CT molecular complexity index is 467. The molecule has 0 aromatic carbocycles. The van der Waals surface area contributed by atoms with E-state index in [0.29, 0.717) is 12.1 Å². The van der Waals surface area contributed by atoms with Crippen LogP contribution in [0.3, 0.4) is 0 Å². The summed E-state index contributed by atoms with van der Waals surface area (Å²) in [5.41, 5.74) is 2.53. The second kappa shape index (κ2) is 5.72. The van der Waals surface area contributed by atoms with E-state index >= 15 is 0 Å². The molecule has 1 N–H and O–H groups in total. The van der Waals surface area contributed by atoms with E-state index in [1.165, 1.54) is 49.2 Å². The Labute approximate surface area is 122 Å². The highest BCUT2D eigenvalue weighted by molar-refractivity contribution is 5.45. The quantitative estimate of drug-likeness (QED) is 0.891. The molecule has 110 valence electrons. The topological polar surface area (TPSA) is 28.2 Å². The van der Waals surface area contributed by atoms with E-state index in [4.69, 9.17) is 4.98 Å². The molecule has 2 aliphatic rings. The molecule has 1 aliphatic carbocycles. The molecule has 20 heavy (non-hydrogen) atoms. The van der Waals surface area contributed by atoms with Gasteiger partial charge in [0.1, 0.15) is 5.82 Å². The van der Waals surface area contributed by atoms with Crippen LogP contribution in [-0.2, 0) is 6.54 Å². The Balaban J connectivity index is 1.74. The number of hydrogen-bond acceptors (Lipinski definition) is 3. The molecule has 2 heterocycles. The molecular weight excluding hydrogens is 246 g/mol. The summed E-state index contributed by atoms with van der Waals surface area (Å²) in [5, 5.41) is 3.58. The molecule has 2 fully saturated rings. The second-order valence-electron chi connectivity index (χ2n) is 6.46. The fourth-order valence-corrected chi connectivity index (χ4v) is 3.33. The number of nitrogens with one attached hydrogen (secondary N) is 1. The molecule has 3 heteroatoms. The van der Waals surface area contributed by atoms with Crippen molar-refractivity contribution in [1.82, 2.24) is 10.3 Å². The average Bonchev–Trinajstić information content (AvgIpc) is 3.19. The fraction of sp³-hybridized carbons (Fsp3) is 0.706. The third kappa shape index (κ3) is 2.83. The Morgan fingerprint density at radius 3 is 2.70 bits per heavy atom. The van der Waals surface area contributed by atoms with Gasteiger partial charge in [0, 0.05) is 30.4 Å². The van der Waals surface area contributed by atoms with Crippen LogP contribution in [0.4, 0.5) is 5.82 Å². The van der Waals surface area contributed by atoms with Gasteiger partial charge in [-0.25, -0.2) is 4.98 Å². The highest BCUT2D eigenvalue weighted by Crippen LogP contribution is 2.31. The summed E-state index contributed by atoms with van der Waals surface area (Å²) in [5.74, 6) is 1.18. The van der Waals surface area contributed by atoms with Crippen molar-refractivity contribution in [2.75, 3.05) is 4.90 Å². The summed E-state index contributed by atoms with van der Waals surface area (Å²) in [7, 11) is 0. The lowest BCUT2D eigenvalue weighted by Gasteiger charge is -2.29. The van der Waals surface area contributed by atoms with Crippen molar-refractivity contribution < 1.29 is 0 Å². The van der Waals surface area contributed by atoms with Gasteiger partial charge < -0.3 is 10.2 Å². The van der Waals surface area contributed by atoms with Crippen molar-refractivity contribution in [2.45, 2.75) is 77.5 Å².